The largest absolute Gasteiger partial charge is 0.490 e. The Morgan fingerprint density at radius 2 is 1.85 bits per heavy atom. The van der Waals surface area contributed by atoms with Gasteiger partial charge in [-0.15, -0.1) is 0 Å². The molecule has 0 aromatic carbocycles. The molecule has 2 N–H and O–H groups in total. The highest BCUT2D eigenvalue weighted by atomic mass is 16.5. The predicted octanol–water partition coefficient (Wildman–Crippen LogP) is 4.39. The van der Waals surface area contributed by atoms with E-state index < -0.39 is 46.0 Å². The maximum Gasteiger partial charge on any atom is 0.208 e. The second-order valence-corrected chi connectivity index (χ2v) is 10.7. The third-order valence-electron chi connectivity index (χ3n) is 6.99. The molecule has 4 atom stereocenters. The van der Waals surface area contributed by atoms with Crippen molar-refractivity contribution in [3.63, 3.8) is 0 Å². The third kappa shape index (κ3) is 5.22. The van der Waals surface area contributed by atoms with Crippen LogP contribution in [0.5, 0.6) is 0 Å². The summed E-state index contributed by atoms with van der Waals surface area (Å²) in [4.78, 5) is 40.1. The van der Waals surface area contributed by atoms with E-state index in [-0.39, 0.29) is 24.2 Å². The lowest BCUT2D eigenvalue weighted by Crippen LogP contribution is -2.57. The molecule has 1 fully saturated rings. The summed E-state index contributed by atoms with van der Waals surface area (Å²) in [5, 5.41) is 21.7. The number of hydrogen-bond acceptors (Lipinski definition) is 6. The summed E-state index contributed by atoms with van der Waals surface area (Å²) in [7, 11) is 0. The minimum Gasteiger partial charge on any atom is -0.490 e. The molecule has 0 unspecified atom stereocenters. The lowest BCUT2D eigenvalue weighted by atomic mass is 9.62. The van der Waals surface area contributed by atoms with Crippen LogP contribution >= 0.6 is 0 Å². The molecular formula is C27H40O6. The Morgan fingerprint density at radius 3 is 2.36 bits per heavy atom. The van der Waals surface area contributed by atoms with E-state index in [1.807, 2.05) is 33.8 Å². The number of carbonyl (C=O) groups excluding carboxylic acids is 3. The first kappa shape index (κ1) is 27.2. The van der Waals surface area contributed by atoms with E-state index >= 15 is 0 Å². The van der Waals surface area contributed by atoms with Gasteiger partial charge in [0.1, 0.15) is 17.4 Å². The summed E-state index contributed by atoms with van der Waals surface area (Å²) < 4.78 is 6.06. The van der Waals surface area contributed by atoms with Crippen LogP contribution in [0, 0.1) is 11.3 Å². The van der Waals surface area contributed by atoms with Crippen molar-refractivity contribution >= 4 is 17.3 Å². The fourth-order valence-electron chi connectivity index (χ4n) is 4.47. The zero-order valence-corrected chi connectivity index (χ0v) is 21.4. The second kappa shape index (κ2) is 9.67. The van der Waals surface area contributed by atoms with Crippen LogP contribution in [0.2, 0.25) is 0 Å². The zero-order valence-electron chi connectivity index (χ0n) is 21.4. The minimum absolute atomic E-state index is 0.0230. The van der Waals surface area contributed by atoms with Crippen LogP contribution in [0.25, 0.3) is 0 Å². The van der Waals surface area contributed by atoms with E-state index in [1.165, 1.54) is 12.5 Å². The topological polar surface area (TPSA) is 101 Å². The van der Waals surface area contributed by atoms with E-state index in [0.717, 1.165) is 18.4 Å². The molecule has 0 aromatic heterocycles. The fraction of sp³-hybridized carbons (Fsp3) is 0.667. The molecule has 1 aliphatic carbocycles. The molecule has 0 amide bonds. The first-order valence-corrected chi connectivity index (χ1v) is 11.9. The summed E-state index contributed by atoms with van der Waals surface area (Å²) in [6, 6.07) is 0. The molecule has 0 bridgehead atoms. The Hall–Kier alpha value is -2.05. The first-order valence-electron chi connectivity index (χ1n) is 11.9. The number of ketones is 3. The van der Waals surface area contributed by atoms with Gasteiger partial charge in [-0.25, -0.2) is 0 Å². The smallest absolute Gasteiger partial charge is 0.208 e. The molecule has 6 nitrogen and oxygen atoms in total. The van der Waals surface area contributed by atoms with Gasteiger partial charge in [0.25, 0.3) is 0 Å². The Bertz CT molecular complexity index is 907. The highest BCUT2D eigenvalue weighted by Crippen LogP contribution is 2.54. The normalized spacial score (nSPS) is 29.0. The number of aliphatic hydroxyl groups is 2. The number of ether oxygens (including phenoxy) is 1. The van der Waals surface area contributed by atoms with Gasteiger partial charge in [-0.3, -0.25) is 14.4 Å². The lowest BCUT2D eigenvalue weighted by molar-refractivity contribution is -0.155. The van der Waals surface area contributed by atoms with E-state index in [1.54, 1.807) is 20.8 Å². The average molecular weight is 461 g/mol. The van der Waals surface area contributed by atoms with Gasteiger partial charge < -0.3 is 14.9 Å². The quantitative estimate of drug-likeness (QED) is 0.301. The van der Waals surface area contributed by atoms with Gasteiger partial charge in [-0.2, -0.15) is 0 Å². The zero-order chi connectivity index (χ0) is 25.4. The summed E-state index contributed by atoms with van der Waals surface area (Å²) in [5.41, 5.74) is -2.95. The predicted molar refractivity (Wildman–Crippen MR) is 127 cm³/mol. The number of allylic oxidation sites excluding steroid dienone is 5. The maximum atomic E-state index is 13.6. The fourth-order valence-corrected chi connectivity index (χ4v) is 4.47. The van der Waals surface area contributed by atoms with E-state index in [2.05, 4.69) is 6.08 Å². The Kier molecular flexibility index (Phi) is 7.97. The second-order valence-electron chi connectivity index (χ2n) is 10.7. The monoisotopic (exact) mass is 460 g/mol. The van der Waals surface area contributed by atoms with Crippen molar-refractivity contribution < 1.29 is 29.3 Å². The number of carbonyl (C=O) groups is 3. The molecule has 33 heavy (non-hydrogen) atoms. The molecule has 2 aliphatic rings. The van der Waals surface area contributed by atoms with Crippen LogP contribution in [-0.2, 0) is 19.1 Å². The number of fused-ring (bicyclic) bond motifs is 1. The van der Waals surface area contributed by atoms with Gasteiger partial charge in [0.15, 0.2) is 17.2 Å². The highest BCUT2D eigenvalue weighted by Gasteiger charge is 2.65. The molecule has 0 aromatic rings. The summed E-state index contributed by atoms with van der Waals surface area (Å²) >= 11 is 0. The standard InChI is InChI=1S/C27H40O6/c1-9-18(5)21(28)20-22(29)26(8,32)24(30)27(14-13-17(4)12-10-11-16(2)3)15-19(25(6,7)31)33-23(20)27/h11,13,18-19,31-32H,9-10,12,14-15H2,1-8H3/t18-,19+,26-,27+/m1/s1. The van der Waals surface area contributed by atoms with Crippen molar-refractivity contribution in [2.45, 2.75) is 105 Å². The van der Waals surface area contributed by atoms with Crippen molar-refractivity contribution in [3.8, 4) is 0 Å². The average Bonchev–Trinajstić information content (AvgIpc) is 3.11. The molecule has 0 saturated carbocycles. The molecule has 1 heterocycles. The summed E-state index contributed by atoms with van der Waals surface area (Å²) in [5.74, 6) is -2.46. The van der Waals surface area contributed by atoms with E-state index in [0.29, 0.717) is 6.42 Å². The number of rotatable bonds is 9. The number of Topliss-reactive ketones (excluding diaryl/α,β-unsaturated/α-hetero) is 3. The molecule has 1 aliphatic heterocycles. The van der Waals surface area contributed by atoms with Crippen molar-refractivity contribution in [2.24, 2.45) is 11.3 Å². The van der Waals surface area contributed by atoms with Crippen LogP contribution in [0.1, 0.15) is 87.5 Å². The highest BCUT2D eigenvalue weighted by molar-refractivity contribution is 6.33. The van der Waals surface area contributed by atoms with Gasteiger partial charge >= 0.3 is 0 Å². The summed E-state index contributed by atoms with van der Waals surface area (Å²) in [6.07, 6.45) is 5.73. The molecule has 6 heteroatoms. The molecule has 184 valence electrons. The van der Waals surface area contributed by atoms with Gasteiger partial charge in [-0.05, 0) is 67.2 Å². The van der Waals surface area contributed by atoms with Crippen LogP contribution in [0.15, 0.2) is 34.6 Å². The molecule has 0 radical (unpaired) electrons. The van der Waals surface area contributed by atoms with Crippen molar-refractivity contribution in [2.75, 3.05) is 0 Å². The SMILES string of the molecule is CC[C@@H](C)C(=O)C1=C2O[C@H](C(C)(C)O)C[C@]2(CC=C(C)CCC=C(C)C)C(=O)[C@](C)(O)C1=O. The molecule has 0 spiro atoms. The maximum absolute atomic E-state index is 13.6. The minimum atomic E-state index is -2.33. The third-order valence-corrected chi connectivity index (χ3v) is 6.99. The van der Waals surface area contributed by atoms with Crippen LogP contribution < -0.4 is 0 Å². The van der Waals surface area contributed by atoms with Crippen LogP contribution in [0.4, 0.5) is 0 Å². The van der Waals surface area contributed by atoms with Crippen LogP contribution in [0.3, 0.4) is 0 Å². The van der Waals surface area contributed by atoms with Gasteiger partial charge in [0.2, 0.25) is 5.78 Å². The number of hydrogen-bond donors (Lipinski definition) is 2. The van der Waals surface area contributed by atoms with Gasteiger partial charge in [0.05, 0.1) is 11.0 Å². The van der Waals surface area contributed by atoms with Crippen molar-refractivity contribution in [1.29, 1.82) is 0 Å². The van der Waals surface area contributed by atoms with Crippen molar-refractivity contribution in [3.05, 3.63) is 34.6 Å². The van der Waals surface area contributed by atoms with E-state index in [4.69, 9.17) is 4.74 Å². The molecular weight excluding hydrogens is 420 g/mol. The Labute approximate surface area is 197 Å². The lowest BCUT2D eigenvalue weighted by Gasteiger charge is -2.38. The van der Waals surface area contributed by atoms with Gasteiger partial charge in [0, 0.05) is 12.3 Å². The Balaban J connectivity index is 2.66. The van der Waals surface area contributed by atoms with Crippen molar-refractivity contribution in [1.82, 2.24) is 0 Å². The van der Waals surface area contributed by atoms with E-state index in [9.17, 15) is 24.6 Å². The Morgan fingerprint density at radius 1 is 1.24 bits per heavy atom. The van der Waals surface area contributed by atoms with Gasteiger partial charge in [-0.1, -0.05) is 37.1 Å². The molecule has 1 saturated heterocycles. The first-order chi connectivity index (χ1) is 15.1. The van der Waals surface area contributed by atoms with Crippen LogP contribution in [-0.4, -0.2) is 44.9 Å². The summed E-state index contributed by atoms with van der Waals surface area (Å²) in [6.45, 7) is 13.9. The molecule has 2 rings (SSSR count).